The van der Waals surface area contributed by atoms with Gasteiger partial charge in [0.15, 0.2) is 0 Å². The molecular weight excluding hydrogens is 308 g/mol. The molecule has 0 N–H and O–H groups in total. The molecule has 3 aromatic rings. The first-order valence-electron chi connectivity index (χ1n) is 6.79. The average Bonchev–Trinajstić information content (AvgIpc) is 2.86. The van der Waals surface area contributed by atoms with Crippen molar-refractivity contribution in [3.8, 4) is 22.3 Å². The minimum atomic E-state index is 1.03. The number of hydrogen-bond acceptors (Lipinski definition) is 0. The van der Waals surface area contributed by atoms with E-state index in [-0.39, 0.29) is 0 Å². The van der Waals surface area contributed by atoms with E-state index in [1.54, 1.807) is 0 Å². The summed E-state index contributed by atoms with van der Waals surface area (Å²) in [5.74, 6) is 0. The topological polar surface area (TPSA) is 0 Å². The summed E-state index contributed by atoms with van der Waals surface area (Å²) in [7, 11) is 0. The van der Waals surface area contributed by atoms with Crippen LogP contribution < -0.4 is 0 Å². The van der Waals surface area contributed by atoms with Gasteiger partial charge in [-0.15, -0.1) is 0 Å². The predicted molar refractivity (Wildman–Crippen MR) is 87.8 cm³/mol. The number of halogens is 1. The van der Waals surface area contributed by atoms with Gasteiger partial charge in [0.1, 0.15) is 0 Å². The lowest BCUT2D eigenvalue weighted by atomic mass is 9.96. The Balaban J connectivity index is 1.97. The molecule has 0 aliphatic heterocycles. The lowest BCUT2D eigenvalue weighted by Crippen LogP contribution is -1.88. The van der Waals surface area contributed by atoms with Gasteiger partial charge >= 0.3 is 0 Å². The molecule has 0 aromatic heterocycles. The van der Waals surface area contributed by atoms with Crippen molar-refractivity contribution < 1.29 is 0 Å². The minimum absolute atomic E-state index is 1.03. The van der Waals surface area contributed by atoms with Crippen molar-refractivity contribution in [3.05, 3.63) is 82.3 Å². The fourth-order valence-corrected chi connectivity index (χ4v) is 3.59. The highest BCUT2D eigenvalue weighted by Gasteiger charge is 2.21. The summed E-state index contributed by atoms with van der Waals surface area (Å²) in [5, 5.41) is 0. The van der Waals surface area contributed by atoms with E-state index in [2.05, 4.69) is 82.7 Å². The molecule has 0 saturated heterocycles. The monoisotopic (exact) mass is 320 g/mol. The van der Waals surface area contributed by atoms with Crippen molar-refractivity contribution in [3.63, 3.8) is 0 Å². The third-order valence-electron chi connectivity index (χ3n) is 4.01. The highest BCUT2D eigenvalue weighted by atomic mass is 79.9. The number of fused-ring (bicyclic) bond motifs is 3. The van der Waals surface area contributed by atoms with Crippen LogP contribution in [0.2, 0.25) is 0 Å². The summed E-state index contributed by atoms with van der Waals surface area (Å²) >= 11 is 3.68. The summed E-state index contributed by atoms with van der Waals surface area (Å²) in [6.45, 7) is 0. The fourth-order valence-electron chi connectivity index (χ4n) is 3.09. The van der Waals surface area contributed by atoms with Gasteiger partial charge in [-0.25, -0.2) is 0 Å². The third kappa shape index (κ3) is 1.74. The van der Waals surface area contributed by atoms with Crippen molar-refractivity contribution in [2.75, 3.05) is 0 Å². The second kappa shape index (κ2) is 4.60. The van der Waals surface area contributed by atoms with Gasteiger partial charge in [-0.2, -0.15) is 0 Å². The number of benzene rings is 3. The maximum Gasteiger partial charge on any atom is 0.0253 e. The summed E-state index contributed by atoms with van der Waals surface area (Å²) in [5.41, 5.74) is 8.26. The molecule has 0 heterocycles. The third-order valence-corrected chi connectivity index (χ3v) is 4.71. The summed E-state index contributed by atoms with van der Waals surface area (Å²) in [6, 6.07) is 23.8. The van der Waals surface area contributed by atoms with E-state index in [9.17, 15) is 0 Å². The molecule has 0 saturated carbocycles. The Morgan fingerprint density at radius 2 is 1.20 bits per heavy atom. The van der Waals surface area contributed by atoms with Crippen molar-refractivity contribution in [1.82, 2.24) is 0 Å². The quantitative estimate of drug-likeness (QED) is 0.423. The normalized spacial score (nSPS) is 12.1. The summed E-state index contributed by atoms with van der Waals surface area (Å²) in [6.07, 6.45) is 1.03. The van der Waals surface area contributed by atoms with Crippen LogP contribution >= 0.6 is 15.9 Å². The van der Waals surface area contributed by atoms with E-state index in [0.29, 0.717) is 0 Å². The molecule has 4 rings (SSSR count). The lowest BCUT2D eigenvalue weighted by Gasteiger charge is -2.10. The predicted octanol–water partition coefficient (Wildman–Crippen LogP) is 5.69. The van der Waals surface area contributed by atoms with Gasteiger partial charge in [-0.1, -0.05) is 76.6 Å². The van der Waals surface area contributed by atoms with Crippen molar-refractivity contribution in [2.45, 2.75) is 6.42 Å². The summed E-state index contributed by atoms with van der Waals surface area (Å²) < 4.78 is 1.16. The zero-order chi connectivity index (χ0) is 13.5. The van der Waals surface area contributed by atoms with Crippen molar-refractivity contribution >= 4 is 15.9 Å². The minimum Gasteiger partial charge on any atom is -0.0619 e. The SMILES string of the molecule is Brc1ccccc1-c1cccc2c1Cc1ccccc1-2. The Morgan fingerprint density at radius 3 is 2.00 bits per heavy atom. The standard InChI is InChI=1S/C19H13Br/c20-19-11-4-3-8-17(19)16-10-5-9-15-14-7-2-1-6-13(14)12-18(15)16/h1-11H,12H2. The van der Waals surface area contributed by atoms with Crippen LogP contribution in [-0.4, -0.2) is 0 Å². The van der Waals surface area contributed by atoms with Crippen LogP contribution in [0, 0.1) is 0 Å². The Kier molecular flexibility index (Phi) is 2.75. The van der Waals surface area contributed by atoms with Crippen LogP contribution in [0.15, 0.2) is 71.2 Å². The molecule has 0 fully saturated rings. The Bertz CT molecular complexity index is 802. The van der Waals surface area contributed by atoms with E-state index >= 15 is 0 Å². The molecule has 0 unspecified atom stereocenters. The molecule has 1 aliphatic carbocycles. The maximum atomic E-state index is 3.68. The smallest absolute Gasteiger partial charge is 0.0253 e. The lowest BCUT2D eigenvalue weighted by molar-refractivity contribution is 1.26. The largest absolute Gasteiger partial charge is 0.0619 e. The summed E-state index contributed by atoms with van der Waals surface area (Å²) in [4.78, 5) is 0. The Hall–Kier alpha value is -1.86. The van der Waals surface area contributed by atoms with E-state index < -0.39 is 0 Å². The average molecular weight is 321 g/mol. The molecule has 0 atom stereocenters. The van der Waals surface area contributed by atoms with E-state index in [1.807, 2.05) is 0 Å². The highest BCUT2D eigenvalue weighted by Crippen LogP contribution is 2.42. The van der Waals surface area contributed by atoms with Gasteiger partial charge in [0.2, 0.25) is 0 Å². The van der Waals surface area contributed by atoms with Gasteiger partial charge < -0.3 is 0 Å². The molecule has 3 aromatic carbocycles. The van der Waals surface area contributed by atoms with E-state index in [1.165, 1.54) is 33.4 Å². The fraction of sp³-hybridized carbons (Fsp3) is 0.0526. The van der Waals surface area contributed by atoms with Gasteiger partial charge in [0.05, 0.1) is 0 Å². The molecule has 1 aliphatic rings. The van der Waals surface area contributed by atoms with Crippen LogP contribution in [0.4, 0.5) is 0 Å². The second-order valence-electron chi connectivity index (χ2n) is 5.15. The van der Waals surface area contributed by atoms with Crippen LogP contribution in [0.25, 0.3) is 22.3 Å². The van der Waals surface area contributed by atoms with Gasteiger partial charge in [-0.05, 0) is 45.9 Å². The van der Waals surface area contributed by atoms with Gasteiger partial charge in [-0.3, -0.25) is 0 Å². The van der Waals surface area contributed by atoms with Crippen molar-refractivity contribution in [1.29, 1.82) is 0 Å². The Morgan fingerprint density at radius 1 is 0.600 bits per heavy atom. The number of rotatable bonds is 1. The highest BCUT2D eigenvalue weighted by molar-refractivity contribution is 9.10. The molecular formula is C19H13Br. The van der Waals surface area contributed by atoms with Crippen LogP contribution in [0.1, 0.15) is 11.1 Å². The van der Waals surface area contributed by atoms with E-state index in [4.69, 9.17) is 0 Å². The zero-order valence-corrected chi connectivity index (χ0v) is 12.5. The molecule has 96 valence electrons. The molecule has 20 heavy (non-hydrogen) atoms. The van der Waals surface area contributed by atoms with Crippen LogP contribution in [0.3, 0.4) is 0 Å². The first-order chi connectivity index (χ1) is 9.84. The second-order valence-corrected chi connectivity index (χ2v) is 6.00. The molecule has 0 bridgehead atoms. The molecule has 0 nitrogen and oxygen atoms in total. The van der Waals surface area contributed by atoms with Crippen molar-refractivity contribution in [2.24, 2.45) is 0 Å². The van der Waals surface area contributed by atoms with Crippen LogP contribution in [-0.2, 0) is 6.42 Å². The van der Waals surface area contributed by atoms with Crippen LogP contribution in [0.5, 0.6) is 0 Å². The molecule has 0 amide bonds. The number of hydrogen-bond donors (Lipinski definition) is 0. The van der Waals surface area contributed by atoms with Gasteiger partial charge in [0, 0.05) is 4.47 Å². The van der Waals surface area contributed by atoms with Gasteiger partial charge in [0.25, 0.3) is 0 Å². The first-order valence-corrected chi connectivity index (χ1v) is 7.59. The molecule has 0 spiro atoms. The Labute approximate surface area is 127 Å². The first kappa shape index (κ1) is 11.9. The molecule has 1 heteroatoms. The molecule has 0 radical (unpaired) electrons. The zero-order valence-electron chi connectivity index (χ0n) is 10.9. The van der Waals surface area contributed by atoms with E-state index in [0.717, 1.165) is 10.9 Å². The maximum absolute atomic E-state index is 3.68.